The van der Waals surface area contributed by atoms with Crippen LogP contribution in [0, 0.1) is 0 Å². The van der Waals surface area contributed by atoms with Crippen LogP contribution in [0.1, 0.15) is 52.3 Å². The smallest absolute Gasteiger partial charge is 0.237 e. The normalized spacial score (nSPS) is 14.5. The van der Waals surface area contributed by atoms with Crippen molar-refractivity contribution in [1.82, 2.24) is 10.6 Å². The fourth-order valence-electron chi connectivity index (χ4n) is 1.89. The van der Waals surface area contributed by atoms with Crippen molar-refractivity contribution in [3.05, 3.63) is 24.2 Å². The number of carbonyl (C=O) groups excluding carboxylic acids is 1. The number of amides is 1. The van der Waals surface area contributed by atoms with E-state index < -0.39 is 0 Å². The van der Waals surface area contributed by atoms with Gasteiger partial charge in [-0.25, -0.2) is 0 Å². The highest BCUT2D eigenvalue weighted by molar-refractivity contribution is 5.81. The van der Waals surface area contributed by atoms with Gasteiger partial charge in [0.05, 0.1) is 18.3 Å². The van der Waals surface area contributed by atoms with E-state index in [0.717, 1.165) is 18.6 Å². The van der Waals surface area contributed by atoms with Crippen LogP contribution in [-0.2, 0) is 4.79 Å². The summed E-state index contributed by atoms with van der Waals surface area (Å²) in [5, 5.41) is 6.26. The molecule has 102 valence electrons. The average molecular weight is 252 g/mol. The van der Waals surface area contributed by atoms with Gasteiger partial charge >= 0.3 is 0 Å². The number of rotatable bonds is 7. The second kappa shape index (κ2) is 7.21. The summed E-state index contributed by atoms with van der Waals surface area (Å²) in [4.78, 5) is 12.0. The van der Waals surface area contributed by atoms with E-state index in [1.54, 1.807) is 6.26 Å². The van der Waals surface area contributed by atoms with Gasteiger partial charge in [0.1, 0.15) is 5.76 Å². The number of carbonyl (C=O) groups is 1. The SMILES string of the molecule is CCC(CC)NC(=O)C(C)NC(C)c1ccco1. The first kappa shape index (κ1) is 14.8. The molecule has 0 saturated carbocycles. The first-order valence-corrected chi connectivity index (χ1v) is 6.68. The predicted octanol–water partition coefficient (Wildman–Crippen LogP) is 2.62. The Balaban J connectivity index is 2.44. The molecule has 1 aromatic rings. The monoisotopic (exact) mass is 252 g/mol. The van der Waals surface area contributed by atoms with Crippen molar-refractivity contribution in [2.75, 3.05) is 0 Å². The van der Waals surface area contributed by atoms with E-state index in [0.29, 0.717) is 0 Å². The Morgan fingerprint density at radius 1 is 1.33 bits per heavy atom. The van der Waals surface area contributed by atoms with Crippen molar-refractivity contribution < 1.29 is 9.21 Å². The van der Waals surface area contributed by atoms with Gasteiger partial charge in [0, 0.05) is 6.04 Å². The van der Waals surface area contributed by atoms with Crippen LogP contribution in [0.3, 0.4) is 0 Å². The van der Waals surface area contributed by atoms with Crippen molar-refractivity contribution in [2.24, 2.45) is 0 Å². The highest BCUT2D eigenvalue weighted by Gasteiger charge is 2.19. The maximum atomic E-state index is 12.0. The number of hydrogen-bond acceptors (Lipinski definition) is 3. The zero-order valence-corrected chi connectivity index (χ0v) is 11.7. The zero-order valence-electron chi connectivity index (χ0n) is 11.7. The van der Waals surface area contributed by atoms with Gasteiger partial charge in [-0.15, -0.1) is 0 Å². The molecule has 18 heavy (non-hydrogen) atoms. The first-order valence-electron chi connectivity index (χ1n) is 6.68. The van der Waals surface area contributed by atoms with Gasteiger partial charge in [-0.05, 0) is 38.8 Å². The van der Waals surface area contributed by atoms with E-state index in [9.17, 15) is 4.79 Å². The highest BCUT2D eigenvalue weighted by atomic mass is 16.3. The third kappa shape index (κ3) is 4.18. The molecule has 0 spiro atoms. The Morgan fingerprint density at radius 3 is 2.50 bits per heavy atom. The summed E-state index contributed by atoms with van der Waals surface area (Å²) in [7, 11) is 0. The summed E-state index contributed by atoms with van der Waals surface area (Å²) in [6.07, 6.45) is 3.56. The quantitative estimate of drug-likeness (QED) is 0.784. The summed E-state index contributed by atoms with van der Waals surface area (Å²) in [5.74, 6) is 0.888. The maximum Gasteiger partial charge on any atom is 0.237 e. The average Bonchev–Trinajstić information content (AvgIpc) is 2.89. The van der Waals surface area contributed by atoms with Crippen LogP contribution in [0.15, 0.2) is 22.8 Å². The Kier molecular flexibility index (Phi) is 5.92. The molecule has 1 heterocycles. The van der Waals surface area contributed by atoms with Crippen molar-refractivity contribution in [1.29, 1.82) is 0 Å². The minimum Gasteiger partial charge on any atom is -0.468 e. The lowest BCUT2D eigenvalue weighted by Gasteiger charge is -2.21. The molecule has 0 aromatic carbocycles. The minimum absolute atomic E-state index is 0.0300. The van der Waals surface area contributed by atoms with Crippen LogP contribution in [0.4, 0.5) is 0 Å². The van der Waals surface area contributed by atoms with E-state index in [-0.39, 0.29) is 24.0 Å². The molecule has 0 radical (unpaired) electrons. The van der Waals surface area contributed by atoms with Gasteiger partial charge < -0.3 is 9.73 Å². The van der Waals surface area contributed by atoms with Crippen molar-refractivity contribution in [2.45, 2.75) is 58.7 Å². The van der Waals surface area contributed by atoms with E-state index in [1.807, 2.05) is 26.0 Å². The molecule has 0 fully saturated rings. The molecule has 2 N–H and O–H groups in total. The van der Waals surface area contributed by atoms with Gasteiger partial charge in [-0.2, -0.15) is 0 Å². The highest BCUT2D eigenvalue weighted by Crippen LogP contribution is 2.13. The number of hydrogen-bond donors (Lipinski definition) is 2. The second-order valence-corrected chi connectivity index (χ2v) is 4.65. The van der Waals surface area contributed by atoms with Crippen LogP contribution in [-0.4, -0.2) is 18.0 Å². The fraction of sp³-hybridized carbons (Fsp3) is 0.643. The second-order valence-electron chi connectivity index (χ2n) is 4.65. The van der Waals surface area contributed by atoms with E-state index in [4.69, 9.17) is 4.42 Å². The van der Waals surface area contributed by atoms with Crippen LogP contribution in [0.2, 0.25) is 0 Å². The lowest BCUT2D eigenvalue weighted by atomic mass is 10.1. The molecular formula is C14H24N2O2. The zero-order chi connectivity index (χ0) is 13.5. The molecule has 0 aliphatic carbocycles. The molecule has 4 heteroatoms. The largest absolute Gasteiger partial charge is 0.468 e. The van der Waals surface area contributed by atoms with Crippen molar-refractivity contribution >= 4 is 5.91 Å². The van der Waals surface area contributed by atoms with Gasteiger partial charge in [0.15, 0.2) is 0 Å². The first-order chi connectivity index (χ1) is 8.58. The van der Waals surface area contributed by atoms with Crippen molar-refractivity contribution in [3.63, 3.8) is 0 Å². The molecule has 1 aromatic heterocycles. The Labute approximate surface area is 109 Å². The Bertz CT molecular complexity index is 345. The molecule has 0 saturated heterocycles. The van der Waals surface area contributed by atoms with Crippen LogP contribution in [0.25, 0.3) is 0 Å². The number of furan rings is 1. The third-order valence-corrected chi connectivity index (χ3v) is 3.20. The summed E-state index contributed by atoms with van der Waals surface area (Å²) < 4.78 is 5.31. The number of nitrogens with one attached hydrogen (secondary N) is 2. The predicted molar refractivity (Wildman–Crippen MR) is 72.2 cm³/mol. The molecule has 4 nitrogen and oxygen atoms in total. The van der Waals surface area contributed by atoms with Crippen LogP contribution in [0.5, 0.6) is 0 Å². The van der Waals surface area contributed by atoms with Gasteiger partial charge in [-0.3, -0.25) is 10.1 Å². The molecule has 2 atom stereocenters. The molecule has 0 bridgehead atoms. The fourth-order valence-corrected chi connectivity index (χ4v) is 1.89. The van der Waals surface area contributed by atoms with Crippen LogP contribution < -0.4 is 10.6 Å². The molecule has 0 aliphatic rings. The summed E-state index contributed by atoms with van der Waals surface area (Å²) in [5.41, 5.74) is 0. The molecule has 1 rings (SSSR count). The molecule has 0 aliphatic heterocycles. The summed E-state index contributed by atoms with van der Waals surface area (Å²) in [6.45, 7) is 8.02. The van der Waals surface area contributed by atoms with E-state index in [2.05, 4.69) is 24.5 Å². The van der Waals surface area contributed by atoms with E-state index >= 15 is 0 Å². The lowest BCUT2D eigenvalue weighted by Crippen LogP contribution is -2.46. The third-order valence-electron chi connectivity index (χ3n) is 3.20. The van der Waals surface area contributed by atoms with Gasteiger partial charge in [0.2, 0.25) is 5.91 Å². The Hall–Kier alpha value is -1.29. The standard InChI is InChI=1S/C14H24N2O2/c1-5-12(6-2)16-14(17)11(4)15-10(3)13-8-7-9-18-13/h7-12,15H,5-6H2,1-4H3,(H,16,17). The molecular weight excluding hydrogens is 228 g/mol. The van der Waals surface area contributed by atoms with Gasteiger partial charge in [-0.1, -0.05) is 13.8 Å². The summed E-state index contributed by atoms with van der Waals surface area (Å²) >= 11 is 0. The maximum absolute atomic E-state index is 12.0. The molecule has 2 unspecified atom stereocenters. The van der Waals surface area contributed by atoms with Gasteiger partial charge in [0.25, 0.3) is 0 Å². The molecule has 1 amide bonds. The van der Waals surface area contributed by atoms with E-state index in [1.165, 1.54) is 0 Å². The topological polar surface area (TPSA) is 54.3 Å². The Morgan fingerprint density at radius 2 is 2.00 bits per heavy atom. The van der Waals surface area contributed by atoms with Crippen LogP contribution >= 0.6 is 0 Å². The van der Waals surface area contributed by atoms with Crippen molar-refractivity contribution in [3.8, 4) is 0 Å². The summed E-state index contributed by atoms with van der Waals surface area (Å²) in [6, 6.07) is 3.82. The minimum atomic E-state index is -0.231. The lowest BCUT2D eigenvalue weighted by molar-refractivity contribution is -0.123.